The average molecular weight is 565 g/mol. The zero-order valence-corrected chi connectivity index (χ0v) is 23.1. The number of hydrogen-bond donors (Lipinski definition) is 1. The molecule has 2 aliphatic heterocycles. The zero-order valence-electron chi connectivity index (χ0n) is 22.3. The van der Waals surface area contributed by atoms with Crippen molar-refractivity contribution in [2.24, 2.45) is 0 Å². The lowest BCUT2D eigenvalue weighted by atomic mass is 10.0. The number of aromatic nitrogens is 1. The highest BCUT2D eigenvalue weighted by Crippen LogP contribution is 2.38. The fourth-order valence-corrected chi connectivity index (χ4v) is 5.11. The van der Waals surface area contributed by atoms with Crippen LogP contribution in [0, 0.1) is 17.5 Å². The topological polar surface area (TPSA) is 89.1 Å². The third-order valence-electron chi connectivity index (χ3n) is 7.05. The number of nitrogens with zero attached hydrogens (tertiary/aromatic N) is 5. The summed E-state index contributed by atoms with van der Waals surface area (Å²) in [5.74, 6) is -4.76. The Bertz CT molecular complexity index is 1290. The van der Waals surface area contributed by atoms with E-state index in [-0.39, 0.29) is 18.3 Å². The van der Waals surface area contributed by atoms with Gasteiger partial charge in [0.25, 0.3) is 5.91 Å². The largest absolute Gasteiger partial charge is 0.332 e. The van der Waals surface area contributed by atoms with E-state index in [1.54, 1.807) is 12.1 Å². The molecule has 0 radical (unpaired) electrons. The molecule has 0 atom stereocenters. The number of thioether (sulfide) groups is 1. The quantitative estimate of drug-likeness (QED) is 0.298. The molecule has 1 aromatic heterocycles. The van der Waals surface area contributed by atoms with Crippen LogP contribution in [0.15, 0.2) is 29.3 Å². The summed E-state index contributed by atoms with van der Waals surface area (Å²) in [5.41, 5.74) is -1.67. The van der Waals surface area contributed by atoms with Gasteiger partial charge >= 0.3 is 6.03 Å². The number of carbonyl (C=O) groups is 3. The Morgan fingerprint density at radius 1 is 1.10 bits per heavy atom. The number of imide groups is 1. The van der Waals surface area contributed by atoms with Crippen LogP contribution in [-0.4, -0.2) is 89.1 Å². The third kappa shape index (κ3) is 5.89. The molecule has 0 saturated carbocycles. The van der Waals surface area contributed by atoms with E-state index in [2.05, 4.69) is 27.1 Å². The van der Waals surface area contributed by atoms with Gasteiger partial charge in [-0.3, -0.25) is 9.59 Å². The number of likely N-dealkylation sites (N-methyl/N-ethyl adjacent to an activating group) is 1. The molecule has 13 heteroatoms. The molecule has 9 nitrogen and oxygen atoms in total. The molecule has 0 unspecified atom stereocenters. The minimum atomic E-state index is -1.48. The van der Waals surface area contributed by atoms with Crippen molar-refractivity contribution >= 4 is 41.1 Å². The lowest BCUT2D eigenvalue weighted by molar-refractivity contribution is -0.123. The van der Waals surface area contributed by atoms with Gasteiger partial charge in [0.1, 0.15) is 17.2 Å². The van der Waals surface area contributed by atoms with Crippen LogP contribution in [0.2, 0.25) is 0 Å². The van der Waals surface area contributed by atoms with Crippen LogP contribution in [0.1, 0.15) is 25.8 Å². The molecular weight excluding hydrogens is 533 g/mol. The van der Waals surface area contributed by atoms with Crippen LogP contribution in [0.3, 0.4) is 0 Å². The van der Waals surface area contributed by atoms with Crippen molar-refractivity contribution in [2.45, 2.75) is 37.2 Å². The number of pyridine rings is 1. The van der Waals surface area contributed by atoms with Crippen LogP contribution in [-0.2, 0) is 16.1 Å². The van der Waals surface area contributed by atoms with Gasteiger partial charge in [0, 0.05) is 58.0 Å². The SMILES string of the molecule is CSc1c(F)cc(N2C(=O)N(Cc3ccnc(NC(=O)CCN4CCN(C)CC4)c3)C(C)(C)C2=O)c(F)c1F. The molecule has 2 aliphatic rings. The van der Waals surface area contributed by atoms with Crippen LogP contribution in [0.25, 0.3) is 0 Å². The molecule has 0 aliphatic carbocycles. The van der Waals surface area contributed by atoms with Gasteiger partial charge in [-0.2, -0.15) is 0 Å². The molecule has 39 heavy (non-hydrogen) atoms. The van der Waals surface area contributed by atoms with Crippen molar-refractivity contribution in [1.82, 2.24) is 19.7 Å². The maximum atomic E-state index is 14.8. The fourth-order valence-electron chi connectivity index (χ4n) is 4.59. The highest BCUT2D eigenvalue weighted by atomic mass is 32.2. The van der Waals surface area contributed by atoms with Crippen molar-refractivity contribution < 1.29 is 27.6 Å². The second kappa shape index (κ2) is 11.5. The maximum Gasteiger partial charge on any atom is 0.332 e. The van der Waals surface area contributed by atoms with Crippen LogP contribution < -0.4 is 10.2 Å². The summed E-state index contributed by atoms with van der Waals surface area (Å²) < 4.78 is 43.7. The smallest absolute Gasteiger partial charge is 0.311 e. The highest BCUT2D eigenvalue weighted by Gasteiger charge is 2.52. The summed E-state index contributed by atoms with van der Waals surface area (Å²) in [5, 5.41) is 2.76. The summed E-state index contributed by atoms with van der Waals surface area (Å²) in [6, 6.07) is 2.93. The number of benzene rings is 1. The number of anilines is 2. The molecule has 2 aromatic rings. The molecule has 4 amide bonds. The van der Waals surface area contributed by atoms with Crippen molar-refractivity contribution in [1.29, 1.82) is 0 Å². The number of hydrogen-bond acceptors (Lipinski definition) is 7. The van der Waals surface area contributed by atoms with Crippen molar-refractivity contribution in [3.63, 3.8) is 0 Å². The van der Waals surface area contributed by atoms with Crippen LogP contribution in [0.4, 0.5) is 29.5 Å². The second-order valence-corrected chi connectivity index (χ2v) is 10.9. The van der Waals surface area contributed by atoms with E-state index < -0.39 is 45.5 Å². The maximum absolute atomic E-state index is 14.8. The lowest BCUT2D eigenvalue weighted by Crippen LogP contribution is -2.45. The van der Waals surface area contributed by atoms with E-state index in [1.807, 2.05) is 0 Å². The summed E-state index contributed by atoms with van der Waals surface area (Å²) in [7, 11) is 2.06. The predicted molar refractivity (Wildman–Crippen MR) is 142 cm³/mol. The Balaban J connectivity index is 1.47. The summed E-state index contributed by atoms with van der Waals surface area (Å²) in [6.07, 6.45) is 3.14. The molecule has 3 heterocycles. The molecule has 2 fully saturated rings. The Labute approximate surface area is 229 Å². The van der Waals surface area contributed by atoms with Gasteiger partial charge < -0.3 is 20.0 Å². The molecule has 1 N–H and O–H groups in total. The van der Waals surface area contributed by atoms with Gasteiger partial charge in [0.2, 0.25) is 5.91 Å². The molecule has 2 saturated heterocycles. The Hall–Kier alpha value is -3.16. The van der Waals surface area contributed by atoms with Gasteiger partial charge in [-0.15, -0.1) is 11.8 Å². The number of halogens is 3. The molecule has 4 rings (SSSR count). The van der Waals surface area contributed by atoms with Crippen molar-refractivity contribution in [3.8, 4) is 0 Å². The average Bonchev–Trinajstić information content (AvgIpc) is 3.05. The minimum absolute atomic E-state index is 0.0871. The predicted octanol–water partition coefficient (Wildman–Crippen LogP) is 3.54. The Morgan fingerprint density at radius 2 is 1.79 bits per heavy atom. The first-order valence-corrected chi connectivity index (χ1v) is 13.7. The Morgan fingerprint density at radius 3 is 2.46 bits per heavy atom. The van der Waals surface area contributed by atoms with E-state index >= 15 is 0 Å². The van der Waals surface area contributed by atoms with E-state index in [0.29, 0.717) is 41.3 Å². The normalized spacial score (nSPS) is 18.2. The summed E-state index contributed by atoms with van der Waals surface area (Å²) in [4.78, 5) is 48.7. The zero-order chi connectivity index (χ0) is 28.5. The third-order valence-corrected chi connectivity index (χ3v) is 7.83. The first kappa shape index (κ1) is 28.8. The van der Waals surface area contributed by atoms with Crippen LogP contribution >= 0.6 is 11.8 Å². The van der Waals surface area contributed by atoms with Gasteiger partial charge in [0.15, 0.2) is 11.6 Å². The first-order valence-electron chi connectivity index (χ1n) is 12.5. The van der Waals surface area contributed by atoms with Crippen LogP contribution in [0.5, 0.6) is 0 Å². The van der Waals surface area contributed by atoms with Gasteiger partial charge in [-0.25, -0.2) is 27.8 Å². The standard InChI is InChI=1S/C26H31F3N6O3S/c1-26(2)24(37)35(18-14-17(27)23(39-4)22(29)21(18)28)25(38)34(26)15-16-5-7-30-19(13-16)31-20(36)6-8-33-11-9-32(3)10-12-33/h5,7,13-14H,6,8-12,15H2,1-4H3,(H,30,31,36). The Kier molecular flexibility index (Phi) is 8.52. The van der Waals surface area contributed by atoms with E-state index in [4.69, 9.17) is 0 Å². The number of amides is 4. The van der Waals surface area contributed by atoms with Gasteiger partial charge in [-0.1, -0.05) is 0 Å². The molecule has 0 bridgehead atoms. The van der Waals surface area contributed by atoms with E-state index in [1.165, 1.54) is 31.2 Å². The molecule has 0 spiro atoms. The second-order valence-electron chi connectivity index (χ2n) is 10.1. The number of piperazine rings is 1. The fraction of sp³-hybridized carbons (Fsp3) is 0.462. The van der Waals surface area contributed by atoms with E-state index in [9.17, 15) is 27.6 Å². The molecule has 1 aromatic carbocycles. The van der Waals surface area contributed by atoms with E-state index in [0.717, 1.165) is 26.2 Å². The number of urea groups is 1. The van der Waals surface area contributed by atoms with Crippen molar-refractivity contribution in [3.05, 3.63) is 47.4 Å². The van der Waals surface area contributed by atoms with Gasteiger partial charge in [0.05, 0.1) is 10.6 Å². The summed E-state index contributed by atoms with van der Waals surface area (Å²) >= 11 is 0.678. The number of rotatable bonds is 8. The molecule has 210 valence electrons. The number of nitrogens with one attached hydrogen (secondary N) is 1. The van der Waals surface area contributed by atoms with Crippen molar-refractivity contribution in [2.75, 3.05) is 56.2 Å². The first-order chi connectivity index (χ1) is 18.4. The number of carbonyl (C=O) groups excluding carboxylic acids is 3. The van der Waals surface area contributed by atoms with Gasteiger partial charge in [-0.05, 0) is 44.8 Å². The lowest BCUT2D eigenvalue weighted by Gasteiger charge is -2.32. The summed E-state index contributed by atoms with van der Waals surface area (Å²) in [6.45, 7) is 7.19. The molecular formula is C26H31F3N6O3S. The highest BCUT2D eigenvalue weighted by molar-refractivity contribution is 7.98. The monoisotopic (exact) mass is 564 g/mol. The minimum Gasteiger partial charge on any atom is -0.311 e.